The zero-order valence-electron chi connectivity index (χ0n) is 20.5. The van der Waals surface area contributed by atoms with E-state index in [1.54, 1.807) is 30.4 Å². The number of rotatable bonds is 11. The van der Waals surface area contributed by atoms with Crippen LogP contribution in [0.1, 0.15) is 24.0 Å². The number of carbonyl (C=O) groups is 1. The lowest BCUT2D eigenvalue weighted by Gasteiger charge is -2.13. The van der Waals surface area contributed by atoms with E-state index in [1.807, 2.05) is 6.08 Å². The maximum Gasteiger partial charge on any atom is 0.203 e. The number of nitroso groups, excluding NO2 is 1. The topological polar surface area (TPSA) is 95.5 Å². The fraction of sp³-hybridized carbons (Fsp3) is 0.222. The number of ether oxygens (including phenoxy) is 4. The standard InChI is InChI=1S/C27H27FN2O6/c1-33-24-16-22(29-12-11-23(31)19-7-5-6-8-21(19)30-32)18(15-20(24)28)10-9-17-13-25(34-2)27(36-4)26(14-17)35-3/h5,7,9-16,29H,6,8H2,1-4H3/b10-9-,12-11-. The molecule has 188 valence electrons. The van der Waals surface area contributed by atoms with E-state index in [0.717, 1.165) is 5.56 Å². The number of methoxy groups -OCH3 is 4. The summed E-state index contributed by atoms with van der Waals surface area (Å²) in [7, 11) is 5.92. The predicted octanol–water partition coefficient (Wildman–Crippen LogP) is 5.90. The Morgan fingerprint density at radius 2 is 1.67 bits per heavy atom. The normalized spacial score (nSPS) is 13.2. The van der Waals surface area contributed by atoms with Crippen molar-refractivity contribution in [2.45, 2.75) is 12.8 Å². The fourth-order valence-corrected chi connectivity index (χ4v) is 3.64. The average molecular weight is 495 g/mol. The number of ketones is 1. The molecule has 8 nitrogen and oxygen atoms in total. The fourth-order valence-electron chi connectivity index (χ4n) is 3.64. The number of allylic oxidation sites excluding steroid dienone is 5. The molecule has 1 aliphatic carbocycles. The number of nitrogens with zero attached hydrogens (tertiary/aromatic N) is 1. The summed E-state index contributed by atoms with van der Waals surface area (Å²) in [6.45, 7) is 0. The molecule has 0 unspecified atom stereocenters. The molecule has 36 heavy (non-hydrogen) atoms. The monoisotopic (exact) mass is 494 g/mol. The molecule has 0 fully saturated rings. The number of anilines is 1. The zero-order chi connectivity index (χ0) is 26.1. The van der Waals surface area contributed by atoms with Crippen LogP contribution in [-0.4, -0.2) is 34.2 Å². The van der Waals surface area contributed by atoms with Gasteiger partial charge in [-0.15, -0.1) is 4.91 Å². The van der Waals surface area contributed by atoms with Gasteiger partial charge in [0.1, 0.15) is 0 Å². The third-order valence-corrected chi connectivity index (χ3v) is 5.46. The van der Waals surface area contributed by atoms with Crippen LogP contribution in [0.2, 0.25) is 0 Å². The quantitative estimate of drug-likeness (QED) is 0.236. The Kier molecular flexibility index (Phi) is 8.99. The van der Waals surface area contributed by atoms with E-state index >= 15 is 0 Å². The SMILES string of the molecule is COc1cc(N/C=C\C(=O)C2=C(N=O)CCC=C2)c(/C=C\c2cc(OC)c(OC)c(OC)c2)cc1F. The van der Waals surface area contributed by atoms with Gasteiger partial charge in [-0.25, -0.2) is 4.39 Å². The molecule has 0 aliphatic heterocycles. The van der Waals surface area contributed by atoms with E-state index in [-0.39, 0.29) is 22.8 Å². The lowest BCUT2D eigenvalue weighted by molar-refractivity contribution is -0.111. The molecule has 0 bridgehead atoms. The summed E-state index contributed by atoms with van der Waals surface area (Å²) in [4.78, 5) is 23.5. The molecule has 0 heterocycles. The molecule has 2 aromatic rings. The van der Waals surface area contributed by atoms with E-state index in [9.17, 15) is 14.1 Å². The van der Waals surface area contributed by atoms with Gasteiger partial charge < -0.3 is 24.3 Å². The summed E-state index contributed by atoms with van der Waals surface area (Å²) >= 11 is 0. The third-order valence-electron chi connectivity index (χ3n) is 5.46. The number of hydrogen-bond donors (Lipinski definition) is 1. The van der Waals surface area contributed by atoms with Crippen molar-refractivity contribution in [3.05, 3.63) is 81.8 Å². The molecule has 0 saturated carbocycles. The van der Waals surface area contributed by atoms with Crippen LogP contribution in [0.4, 0.5) is 10.1 Å². The van der Waals surface area contributed by atoms with E-state index < -0.39 is 5.82 Å². The summed E-state index contributed by atoms with van der Waals surface area (Å²) in [6.07, 6.45) is 10.7. The Hall–Kier alpha value is -4.40. The summed E-state index contributed by atoms with van der Waals surface area (Å²) < 4.78 is 35.7. The second-order valence-electron chi connectivity index (χ2n) is 7.60. The maximum atomic E-state index is 14.5. The first-order valence-electron chi connectivity index (χ1n) is 11.0. The highest BCUT2D eigenvalue weighted by Gasteiger charge is 2.15. The van der Waals surface area contributed by atoms with Gasteiger partial charge in [0.15, 0.2) is 28.8 Å². The summed E-state index contributed by atoms with van der Waals surface area (Å²) in [6, 6.07) is 6.31. The molecular weight excluding hydrogens is 467 g/mol. The first kappa shape index (κ1) is 26.2. The summed E-state index contributed by atoms with van der Waals surface area (Å²) in [5.41, 5.74) is 2.19. The molecular formula is C27H27FN2O6. The van der Waals surface area contributed by atoms with Crippen LogP contribution in [0.5, 0.6) is 23.0 Å². The van der Waals surface area contributed by atoms with Crippen LogP contribution in [0.3, 0.4) is 0 Å². The highest BCUT2D eigenvalue weighted by Crippen LogP contribution is 2.39. The van der Waals surface area contributed by atoms with Gasteiger partial charge in [0, 0.05) is 35.2 Å². The van der Waals surface area contributed by atoms with Crippen LogP contribution in [-0.2, 0) is 4.79 Å². The summed E-state index contributed by atoms with van der Waals surface area (Å²) in [5.74, 6) is 0.539. The van der Waals surface area contributed by atoms with Crippen molar-refractivity contribution in [2.75, 3.05) is 33.8 Å². The van der Waals surface area contributed by atoms with Crippen LogP contribution >= 0.6 is 0 Å². The molecule has 0 saturated heterocycles. The molecule has 0 atom stereocenters. The van der Waals surface area contributed by atoms with Crippen LogP contribution in [0, 0.1) is 10.7 Å². The number of carbonyl (C=O) groups excluding carboxylic acids is 1. The summed E-state index contributed by atoms with van der Waals surface area (Å²) in [5, 5.41) is 5.96. The van der Waals surface area contributed by atoms with Crippen LogP contribution in [0.15, 0.2) is 65.1 Å². The van der Waals surface area contributed by atoms with Crippen molar-refractivity contribution in [2.24, 2.45) is 5.18 Å². The van der Waals surface area contributed by atoms with Gasteiger partial charge in [-0.05, 0) is 41.8 Å². The van der Waals surface area contributed by atoms with Crippen molar-refractivity contribution in [1.29, 1.82) is 0 Å². The molecule has 1 N–H and O–H groups in total. The molecule has 2 aromatic carbocycles. The molecule has 0 aromatic heterocycles. The Labute approximate surface area is 208 Å². The van der Waals surface area contributed by atoms with Crippen LogP contribution < -0.4 is 24.3 Å². The van der Waals surface area contributed by atoms with Crippen molar-refractivity contribution >= 4 is 23.6 Å². The smallest absolute Gasteiger partial charge is 0.203 e. The first-order valence-corrected chi connectivity index (χ1v) is 11.0. The van der Waals surface area contributed by atoms with Gasteiger partial charge in [0.05, 0.1) is 34.1 Å². The molecule has 0 radical (unpaired) electrons. The highest BCUT2D eigenvalue weighted by molar-refractivity contribution is 6.07. The van der Waals surface area contributed by atoms with E-state index in [4.69, 9.17) is 18.9 Å². The van der Waals surface area contributed by atoms with Crippen LogP contribution in [0.25, 0.3) is 12.2 Å². The Morgan fingerprint density at radius 3 is 2.28 bits per heavy atom. The Balaban J connectivity index is 1.91. The highest BCUT2D eigenvalue weighted by atomic mass is 19.1. The lowest BCUT2D eigenvalue weighted by atomic mass is 10.0. The minimum absolute atomic E-state index is 0.0347. The van der Waals surface area contributed by atoms with Gasteiger partial charge >= 0.3 is 0 Å². The number of halogens is 1. The number of nitrogens with one attached hydrogen (secondary N) is 1. The number of benzene rings is 2. The van der Waals surface area contributed by atoms with E-state index in [1.165, 1.54) is 52.8 Å². The minimum Gasteiger partial charge on any atom is -0.494 e. The second-order valence-corrected chi connectivity index (χ2v) is 7.60. The second kappa shape index (κ2) is 12.3. The Bertz CT molecular complexity index is 1240. The van der Waals surface area contributed by atoms with E-state index in [0.29, 0.717) is 41.3 Å². The lowest BCUT2D eigenvalue weighted by Crippen LogP contribution is -2.04. The molecule has 0 amide bonds. The van der Waals surface area contributed by atoms with Gasteiger partial charge in [-0.3, -0.25) is 4.79 Å². The average Bonchev–Trinajstić information content (AvgIpc) is 2.91. The van der Waals surface area contributed by atoms with Crippen molar-refractivity contribution in [3.8, 4) is 23.0 Å². The maximum absolute atomic E-state index is 14.5. The van der Waals surface area contributed by atoms with Gasteiger partial charge in [-0.2, -0.15) is 0 Å². The minimum atomic E-state index is -0.549. The number of hydrogen-bond acceptors (Lipinski definition) is 8. The first-order chi connectivity index (χ1) is 17.4. The van der Waals surface area contributed by atoms with Crippen molar-refractivity contribution < 1.29 is 28.1 Å². The molecule has 3 rings (SSSR count). The molecule has 0 spiro atoms. The Morgan fingerprint density at radius 1 is 0.972 bits per heavy atom. The zero-order valence-corrected chi connectivity index (χ0v) is 20.5. The van der Waals surface area contributed by atoms with E-state index in [2.05, 4.69) is 10.5 Å². The van der Waals surface area contributed by atoms with Crippen molar-refractivity contribution in [1.82, 2.24) is 0 Å². The van der Waals surface area contributed by atoms with Gasteiger partial charge in [0.25, 0.3) is 0 Å². The predicted molar refractivity (Wildman–Crippen MR) is 137 cm³/mol. The third kappa shape index (κ3) is 5.99. The molecule has 9 heteroatoms. The molecule has 1 aliphatic rings. The van der Waals surface area contributed by atoms with Crippen molar-refractivity contribution in [3.63, 3.8) is 0 Å². The van der Waals surface area contributed by atoms with Gasteiger partial charge in [0.2, 0.25) is 5.75 Å². The largest absolute Gasteiger partial charge is 0.494 e. The van der Waals surface area contributed by atoms with Gasteiger partial charge in [-0.1, -0.05) is 24.3 Å².